The van der Waals surface area contributed by atoms with Crippen molar-refractivity contribution in [2.45, 2.75) is 38.3 Å². The SMILES string of the molecule is CC1Cc2cc(C(=O)NCC(N)C3CC3)ccc2N1S(C)(=O)=O. The number of nitrogens with zero attached hydrogens (tertiary/aromatic N) is 1. The Bertz CT molecular complexity index is 728. The van der Waals surface area contributed by atoms with Gasteiger partial charge in [0.15, 0.2) is 0 Å². The number of sulfonamides is 1. The number of nitrogens with two attached hydrogens (primary N) is 1. The molecule has 0 saturated heterocycles. The molecule has 6 nitrogen and oxygen atoms in total. The first kappa shape index (κ1) is 16.3. The zero-order valence-corrected chi connectivity index (χ0v) is 14.3. The Morgan fingerprint density at radius 3 is 2.74 bits per heavy atom. The molecule has 1 aliphatic heterocycles. The Balaban J connectivity index is 1.74. The van der Waals surface area contributed by atoms with Gasteiger partial charge in [-0.3, -0.25) is 9.10 Å². The predicted octanol–water partition coefficient (Wildman–Crippen LogP) is 0.864. The number of fused-ring (bicyclic) bond motifs is 1. The minimum absolute atomic E-state index is 0.0223. The normalized spacial score (nSPS) is 21.9. The van der Waals surface area contributed by atoms with Gasteiger partial charge in [-0.15, -0.1) is 0 Å². The lowest BCUT2D eigenvalue weighted by Gasteiger charge is -2.22. The molecule has 126 valence electrons. The van der Waals surface area contributed by atoms with Crippen LogP contribution in [0.15, 0.2) is 18.2 Å². The molecule has 0 aromatic heterocycles. The van der Waals surface area contributed by atoms with Crippen LogP contribution in [0.25, 0.3) is 0 Å². The number of benzene rings is 1. The van der Waals surface area contributed by atoms with Crippen LogP contribution in [0.2, 0.25) is 0 Å². The van der Waals surface area contributed by atoms with Gasteiger partial charge in [0.2, 0.25) is 10.0 Å². The minimum Gasteiger partial charge on any atom is -0.350 e. The van der Waals surface area contributed by atoms with E-state index in [0.717, 1.165) is 18.4 Å². The largest absolute Gasteiger partial charge is 0.350 e. The van der Waals surface area contributed by atoms with Crippen LogP contribution in [0, 0.1) is 5.92 Å². The lowest BCUT2D eigenvalue weighted by Crippen LogP contribution is -2.38. The molecular formula is C16H23N3O3S. The molecule has 3 rings (SSSR count). The Hall–Kier alpha value is -1.60. The second-order valence-electron chi connectivity index (χ2n) is 6.67. The summed E-state index contributed by atoms with van der Waals surface area (Å²) in [6.45, 7) is 2.35. The average Bonchev–Trinajstić information content (AvgIpc) is 3.24. The van der Waals surface area contributed by atoms with Crippen molar-refractivity contribution < 1.29 is 13.2 Å². The number of anilines is 1. The highest BCUT2D eigenvalue weighted by Gasteiger charge is 2.33. The van der Waals surface area contributed by atoms with Crippen LogP contribution >= 0.6 is 0 Å². The maximum atomic E-state index is 12.3. The highest BCUT2D eigenvalue weighted by molar-refractivity contribution is 7.92. The van der Waals surface area contributed by atoms with Crippen LogP contribution in [0.4, 0.5) is 5.69 Å². The molecule has 0 spiro atoms. The van der Waals surface area contributed by atoms with Crippen molar-refractivity contribution in [3.8, 4) is 0 Å². The summed E-state index contributed by atoms with van der Waals surface area (Å²) in [6, 6.07) is 5.08. The van der Waals surface area contributed by atoms with Crippen LogP contribution in [-0.2, 0) is 16.4 Å². The van der Waals surface area contributed by atoms with Crippen molar-refractivity contribution in [1.82, 2.24) is 5.32 Å². The van der Waals surface area contributed by atoms with E-state index < -0.39 is 10.0 Å². The molecule has 1 aliphatic carbocycles. The second kappa shape index (κ2) is 5.79. The van der Waals surface area contributed by atoms with Crippen molar-refractivity contribution in [1.29, 1.82) is 0 Å². The maximum Gasteiger partial charge on any atom is 0.251 e. The Morgan fingerprint density at radius 2 is 2.13 bits per heavy atom. The molecule has 0 bridgehead atoms. The van der Waals surface area contributed by atoms with Crippen LogP contribution < -0.4 is 15.4 Å². The van der Waals surface area contributed by atoms with E-state index in [1.165, 1.54) is 10.6 Å². The molecule has 1 fully saturated rings. The molecule has 1 aromatic rings. The minimum atomic E-state index is -3.31. The molecular weight excluding hydrogens is 314 g/mol. The first-order chi connectivity index (χ1) is 10.8. The number of carbonyl (C=O) groups excluding carboxylic acids is 1. The molecule has 7 heteroatoms. The van der Waals surface area contributed by atoms with Crippen molar-refractivity contribution in [3.63, 3.8) is 0 Å². The summed E-state index contributed by atoms with van der Waals surface area (Å²) >= 11 is 0. The molecule has 1 heterocycles. The molecule has 1 saturated carbocycles. The summed E-state index contributed by atoms with van der Waals surface area (Å²) < 4.78 is 25.2. The number of hydrogen-bond acceptors (Lipinski definition) is 4. The second-order valence-corrected chi connectivity index (χ2v) is 8.53. The summed E-state index contributed by atoms with van der Waals surface area (Å²) in [5, 5.41) is 2.87. The quantitative estimate of drug-likeness (QED) is 0.834. The third-order valence-corrected chi connectivity index (χ3v) is 5.85. The van der Waals surface area contributed by atoms with Gasteiger partial charge in [0, 0.05) is 24.2 Å². The summed E-state index contributed by atoms with van der Waals surface area (Å²) in [7, 11) is -3.31. The Morgan fingerprint density at radius 1 is 1.43 bits per heavy atom. The van der Waals surface area contributed by atoms with Gasteiger partial charge in [-0.05, 0) is 55.9 Å². The number of carbonyl (C=O) groups is 1. The van der Waals surface area contributed by atoms with Crippen LogP contribution in [0.1, 0.15) is 35.7 Å². The maximum absolute atomic E-state index is 12.3. The highest BCUT2D eigenvalue weighted by Crippen LogP contribution is 2.34. The van der Waals surface area contributed by atoms with E-state index in [2.05, 4.69) is 5.32 Å². The molecule has 1 amide bonds. The monoisotopic (exact) mass is 337 g/mol. The molecule has 2 atom stereocenters. The first-order valence-corrected chi connectivity index (χ1v) is 9.78. The molecule has 3 N–H and O–H groups in total. The van der Waals surface area contributed by atoms with E-state index in [0.29, 0.717) is 30.1 Å². The molecule has 2 aliphatic rings. The van der Waals surface area contributed by atoms with Gasteiger partial charge in [0.1, 0.15) is 0 Å². The van der Waals surface area contributed by atoms with Gasteiger partial charge < -0.3 is 11.1 Å². The fourth-order valence-electron chi connectivity index (χ4n) is 3.25. The molecule has 23 heavy (non-hydrogen) atoms. The van der Waals surface area contributed by atoms with E-state index >= 15 is 0 Å². The van der Waals surface area contributed by atoms with E-state index in [-0.39, 0.29) is 18.0 Å². The number of rotatable bonds is 5. The Kier molecular flexibility index (Phi) is 4.10. The molecule has 1 aromatic carbocycles. The molecule has 2 unspecified atom stereocenters. The molecule has 0 radical (unpaired) electrons. The fraction of sp³-hybridized carbons (Fsp3) is 0.562. The summed E-state index contributed by atoms with van der Waals surface area (Å²) in [6.07, 6.45) is 4.12. The third kappa shape index (κ3) is 3.35. The van der Waals surface area contributed by atoms with Crippen LogP contribution in [0.5, 0.6) is 0 Å². The zero-order chi connectivity index (χ0) is 16.8. The number of hydrogen-bond donors (Lipinski definition) is 2. The average molecular weight is 337 g/mol. The summed E-state index contributed by atoms with van der Waals surface area (Å²) in [5.41, 5.74) is 8.11. The van der Waals surface area contributed by atoms with Crippen LogP contribution in [0.3, 0.4) is 0 Å². The van der Waals surface area contributed by atoms with E-state index in [4.69, 9.17) is 5.73 Å². The summed E-state index contributed by atoms with van der Waals surface area (Å²) in [5.74, 6) is 0.383. The van der Waals surface area contributed by atoms with Crippen molar-refractivity contribution in [2.75, 3.05) is 17.1 Å². The third-order valence-electron chi connectivity index (χ3n) is 4.58. The predicted molar refractivity (Wildman–Crippen MR) is 90.0 cm³/mol. The van der Waals surface area contributed by atoms with Gasteiger partial charge in [-0.1, -0.05) is 0 Å². The first-order valence-electron chi connectivity index (χ1n) is 7.93. The van der Waals surface area contributed by atoms with Gasteiger partial charge in [0.05, 0.1) is 11.9 Å². The number of amides is 1. The summed E-state index contributed by atoms with van der Waals surface area (Å²) in [4.78, 5) is 12.3. The van der Waals surface area contributed by atoms with Gasteiger partial charge in [0.25, 0.3) is 5.91 Å². The fourth-order valence-corrected chi connectivity index (χ4v) is 4.52. The van der Waals surface area contributed by atoms with E-state index in [1.807, 2.05) is 6.92 Å². The topological polar surface area (TPSA) is 92.5 Å². The highest BCUT2D eigenvalue weighted by atomic mass is 32.2. The zero-order valence-electron chi connectivity index (χ0n) is 13.5. The number of nitrogens with one attached hydrogen (secondary N) is 1. The van der Waals surface area contributed by atoms with Crippen molar-refractivity contribution >= 4 is 21.6 Å². The smallest absolute Gasteiger partial charge is 0.251 e. The van der Waals surface area contributed by atoms with Crippen molar-refractivity contribution in [2.24, 2.45) is 11.7 Å². The van der Waals surface area contributed by atoms with Gasteiger partial charge in [-0.2, -0.15) is 0 Å². The van der Waals surface area contributed by atoms with E-state index in [9.17, 15) is 13.2 Å². The van der Waals surface area contributed by atoms with E-state index in [1.54, 1.807) is 18.2 Å². The Labute approximate surface area is 137 Å². The van der Waals surface area contributed by atoms with Gasteiger partial charge in [-0.25, -0.2) is 8.42 Å². The lowest BCUT2D eigenvalue weighted by atomic mass is 10.1. The standard InChI is InChI=1S/C16H23N3O3S/c1-10-7-13-8-12(5-6-15(13)19(10)23(2,21)22)16(20)18-9-14(17)11-3-4-11/h5-6,8,10-11,14H,3-4,7,9,17H2,1-2H3,(H,18,20). The van der Waals surface area contributed by atoms with Crippen LogP contribution in [-0.4, -0.2) is 39.2 Å². The lowest BCUT2D eigenvalue weighted by molar-refractivity contribution is 0.0950. The van der Waals surface area contributed by atoms with Crippen molar-refractivity contribution in [3.05, 3.63) is 29.3 Å². The van der Waals surface area contributed by atoms with Gasteiger partial charge >= 0.3 is 0 Å².